The number of rotatable bonds is 4. The largest absolute Gasteiger partial charge is 0.497 e. The number of hydrogen-bond acceptors (Lipinski definition) is 7. The average molecular weight is 423 g/mol. The Morgan fingerprint density at radius 1 is 1.07 bits per heavy atom. The van der Waals surface area contributed by atoms with E-state index in [0.29, 0.717) is 15.2 Å². The topological polar surface area (TPSA) is 67.7 Å². The molecule has 0 unspecified atom stereocenters. The van der Waals surface area contributed by atoms with E-state index in [4.69, 9.17) is 4.74 Å². The average Bonchev–Trinajstić information content (AvgIpc) is 3.30. The van der Waals surface area contributed by atoms with Crippen LogP contribution in [-0.2, 0) is 4.79 Å². The van der Waals surface area contributed by atoms with Crippen LogP contribution in [0.2, 0.25) is 0 Å². The van der Waals surface area contributed by atoms with Gasteiger partial charge in [0.1, 0.15) is 10.8 Å². The normalized spacial score (nSPS) is 17.1. The van der Waals surface area contributed by atoms with Crippen molar-refractivity contribution >= 4 is 50.6 Å². The number of anilines is 1. The monoisotopic (exact) mass is 422 g/mol. The van der Waals surface area contributed by atoms with Gasteiger partial charge in [-0.3, -0.25) is 9.69 Å². The van der Waals surface area contributed by atoms with Crippen LogP contribution in [0.5, 0.6) is 5.75 Å². The van der Waals surface area contributed by atoms with Crippen LogP contribution in [0.25, 0.3) is 5.57 Å². The fourth-order valence-corrected chi connectivity index (χ4v) is 4.53. The number of nitrogens with zero attached hydrogens (tertiary/aromatic N) is 4. The molecule has 0 aliphatic carbocycles. The summed E-state index contributed by atoms with van der Waals surface area (Å²) in [5.41, 5.74) is 2.62. The number of carbonyl (C=O) groups is 1. The molecule has 1 saturated heterocycles. The third-order valence-corrected chi connectivity index (χ3v) is 6.24. The Bertz CT molecular complexity index is 1110. The number of amidine groups is 1. The molecule has 4 rings (SSSR count). The summed E-state index contributed by atoms with van der Waals surface area (Å²) < 4.78 is 5.23. The fourth-order valence-electron chi connectivity index (χ4n) is 2.87. The minimum Gasteiger partial charge on any atom is -0.497 e. The predicted molar refractivity (Wildman–Crippen MR) is 119 cm³/mol. The predicted octanol–water partition coefficient (Wildman–Crippen LogP) is 5.05. The number of methoxy groups -OCH3 is 1. The Morgan fingerprint density at radius 3 is 2.41 bits per heavy atom. The molecule has 8 heteroatoms. The van der Waals surface area contributed by atoms with Gasteiger partial charge >= 0.3 is 0 Å². The molecule has 1 aliphatic heterocycles. The highest BCUT2D eigenvalue weighted by Gasteiger charge is 2.36. The second kappa shape index (κ2) is 8.18. The van der Waals surface area contributed by atoms with Crippen LogP contribution in [0.3, 0.4) is 0 Å². The van der Waals surface area contributed by atoms with Crippen LogP contribution >= 0.6 is 23.1 Å². The highest BCUT2D eigenvalue weighted by molar-refractivity contribution is 8.19. The molecule has 0 N–H and O–H groups in total. The first-order valence-electron chi connectivity index (χ1n) is 8.88. The summed E-state index contributed by atoms with van der Waals surface area (Å²) >= 11 is 2.74. The van der Waals surface area contributed by atoms with Gasteiger partial charge in [-0.05, 0) is 61.0 Å². The molecular weight excluding hydrogens is 404 g/mol. The lowest BCUT2D eigenvalue weighted by Crippen LogP contribution is -2.28. The van der Waals surface area contributed by atoms with Crippen molar-refractivity contribution in [1.29, 1.82) is 0 Å². The van der Waals surface area contributed by atoms with Crippen molar-refractivity contribution in [2.45, 2.75) is 13.8 Å². The maximum absolute atomic E-state index is 13.4. The maximum Gasteiger partial charge on any atom is 0.271 e. The van der Waals surface area contributed by atoms with Crippen molar-refractivity contribution in [3.8, 4) is 5.75 Å². The van der Waals surface area contributed by atoms with Crippen LogP contribution in [0.4, 0.5) is 10.8 Å². The van der Waals surface area contributed by atoms with Crippen LogP contribution in [0, 0.1) is 6.92 Å². The SMILES string of the molecule is COc1ccc(/C(C)=C2\S/C(=N/c3nnc(C)s3)N(c3ccccc3)C2=O)cc1. The number of carbonyl (C=O) groups excluding carboxylic acids is 1. The van der Waals surface area contributed by atoms with Gasteiger partial charge in [-0.2, -0.15) is 4.99 Å². The third kappa shape index (κ3) is 3.94. The lowest BCUT2D eigenvalue weighted by Gasteiger charge is -2.15. The van der Waals surface area contributed by atoms with Gasteiger partial charge in [-0.25, -0.2) is 0 Å². The van der Waals surface area contributed by atoms with E-state index in [-0.39, 0.29) is 5.91 Å². The first-order chi connectivity index (χ1) is 14.1. The van der Waals surface area contributed by atoms with Gasteiger partial charge in [0, 0.05) is 0 Å². The zero-order valence-corrected chi connectivity index (χ0v) is 17.8. The van der Waals surface area contributed by atoms with Gasteiger partial charge in [0.2, 0.25) is 5.13 Å². The fraction of sp³-hybridized carbons (Fsp3) is 0.143. The summed E-state index contributed by atoms with van der Waals surface area (Å²) in [6.45, 7) is 3.83. The molecule has 0 radical (unpaired) electrons. The van der Waals surface area contributed by atoms with E-state index in [2.05, 4.69) is 15.2 Å². The summed E-state index contributed by atoms with van der Waals surface area (Å²) in [5, 5.41) is 10.0. The van der Waals surface area contributed by atoms with E-state index in [1.54, 1.807) is 12.0 Å². The minimum absolute atomic E-state index is 0.102. The number of allylic oxidation sites excluding steroid dienone is 1. The Labute approximate surface area is 177 Å². The molecule has 0 bridgehead atoms. The number of para-hydroxylation sites is 1. The maximum atomic E-state index is 13.4. The zero-order valence-electron chi connectivity index (χ0n) is 16.1. The van der Waals surface area contributed by atoms with Crippen molar-refractivity contribution in [2.24, 2.45) is 4.99 Å². The van der Waals surface area contributed by atoms with Gasteiger partial charge in [0.25, 0.3) is 5.91 Å². The van der Waals surface area contributed by atoms with Gasteiger partial charge in [0.05, 0.1) is 17.7 Å². The Hall–Kier alpha value is -2.97. The number of aliphatic imine (C=N–C) groups is 1. The second-order valence-corrected chi connectivity index (χ2v) is 8.40. The highest BCUT2D eigenvalue weighted by Crippen LogP contribution is 2.40. The van der Waals surface area contributed by atoms with E-state index in [1.165, 1.54) is 23.1 Å². The van der Waals surface area contributed by atoms with Gasteiger partial charge < -0.3 is 4.74 Å². The number of ether oxygens (including phenoxy) is 1. The molecule has 1 fully saturated rings. The molecule has 1 amide bonds. The highest BCUT2D eigenvalue weighted by atomic mass is 32.2. The number of hydrogen-bond donors (Lipinski definition) is 0. The van der Waals surface area contributed by atoms with Gasteiger partial charge in [0.15, 0.2) is 5.17 Å². The first-order valence-corrected chi connectivity index (χ1v) is 10.5. The summed E-state index contributed by atoms with van der Waals surface area (Å²) in [7, 11) is 1.63. The summed E-state index contributed by atoms with van der Waals surface area (Å²) in [6.07, 6.45) is 0. The molecule has 1 aromatic heterocycles. The molecule has 3 aromatic rings. The van der Waals surface area contributed by atoms with E-state index < -0.39 is 0 Å². The molecule has 146 valence electrons. The molecule has 2 aromatic carbocycles. The minimum atomic E-state index is -0.102. The van der Waals surface area contributed by atoms with Gasteiger partial charge in [-0.1, -0.05) is 41.7 Å². The molecule has 29 heavy (non-hydrogen) atoms. The molecule has 0 saturated carbocycles. The molecule has 6 nitrogen and oxygen atoms in total. The van der Waals surface area contributed by atoms with E-state index in [0.717, 1.165) is 27.6 Å². The number of amides is 1. The van der Waals surface area contributed by atoms with Crippen molar-refractivity contribution in [3.63, 3.8) is 0 Å². The quantitative estimate of drug-likeness (QED) is 0.550. The van der Waals surface area contributed by atoms with Crippen molar-refractivity contribution in [1.82, 2.24) is 10.2 Å². The lowest BCUT2D eigenvalue weighted by atomic mass is 10.1. The summed E-state index contributed by atoms with van der Waals surface area (Å²) in [5.74, 6) is 0.672. The van der Waals surface area contributed by atoms with E-state index in [1.807, 2.05) is 68.4 Å². The van der Waals surface area contributed by atoms with Crippen LogP contribution in [0.15, 0.2) is 64.5 Å². The number of benzene rings is 2. The lowest BCUT2D eigenvalue weighted by molar-refractivity contribution is -0.113. The third-order valence-electron chi connectivity index (χ3n) is 4.37. The van der Waals surface area contributed by atoms with Crippen molar-refractivity contribution < 1.29 is 9.53 Å². The first kappa shape index (κ1) is 19.4. The zero-order chi connectivity index (χ0) is 20.4. The van der Waals surface area contributed by atoms with Crippen LogP contribution < -0.4 is 9.64 Å². The standard InChI is InChI=1S/C21H18N4O2S2/c1-13(15-9-11-17(27-3)12-10-15)18-19(26)25(16-7-5-4-6-8-16)21(29-18)22-20-24-23-14(2)28-20/h4-12H,1-3H3/b18-13-,22-21+. The van der Waals surface area contributed by atoms with E-state index in [9.17, 15) is 4.79 Å². The Kier molecular flexibility index (Phi) is 5.46. The second-order valence-electron chi connectivity index (χ2n) is 6.26. The van der Waals surface area contributed by atoms with Crippen LogP contribution in [-0.4, -0.2) is 28.4 Å². The Balaban J connectivity index is 1.78. The molecule has 2 heterocycles. The van der Waals surface area contributed by atoms with Gasteiger partial charge in [-0.15, -0.1) is 10.2 Å². The van der Waals surface area contributed by atoms with Crippen LogP contribution in [0.1, 0.15) is 17.5 Å². The Morgan fingerprint density at radius 2 is 1.79 bits per heavy atom. The van der Waals surface area contributed by atoms with Crippen molar-refractivity contribution in [2.75, 3.05) is 12.0 Å². The summed E-state index contributed by atoms with van der Waals surface area (Å²) in [6, 6.07) is 17.2. The number of aromatic nitrogens is 2. The number of thioether (sulfide) groups is 1. The molecule has 1 aliphatic rings. The molecular formula is C21H18N4O2S2. The smallest absolute Gasteiger partial charge is 0.271 e. The molecule has 0 spiro atoms. The number of aryl methyl sites for hydroxylation is 1. The van der Waals surface area contributed by atoms with E-state index >= 15 is 0 Å². The molecule has 0 atom stereocenters. The summed E-state index contributed by atoms with van der Waals surface area (Å²) in [4.78, 5) is 20.2. The van der Waals surface area contributed by atoms with Crippen molar-refractivity contribution in [3.05, 3.63) is 70.1 Å².